The fraction of sp³-hybridized carbons (Fsp3) is 0.632. The van der Waals surface area contributed by atoms with E-state index in [0.29, 0.717) is 5.92 Å². The first kappa shape index (κ1) is 17.0. The van der Waals surface area contributed by atoms with Crippen LogP contribution in [0.2, 0.25) is 0 Å². The van der Waals surface area contributed by atoms with Crippen molar-refractivity contribution in [1.29, 1.82) is 0 Å². The van der Waals surface area contributed by atoms with Gasteiger partial charge in [-0.1, -0.05) is 45.9 Å². The summed E-state index contributed by atoms with van der Waals surface area (Å²) in [7, 11) is 0. The largest absolute Gasteiger partial charge is 0.350 e. The van der Waals surface area contributed by atoms with Crippen LogP contribution < -0.4 is 0 Å². The van der Waals surface area contributed by atoms with Gasteiger partial charge in [0.05, 0.1) is 11.6 Å². The summed E-state index contributed by atoms with van der Waals surface area (Å²) in [5.41, 5.74) is 0.531. The Hall–Kier alpha value is -1.35. The third-order valence-electron chi connectivity index (χ3n) is 4.89. The normalized spacial score (nSPS) is 24.0. The number of ether oxygens (including phenoxy) is 1. The first-order valence-electron chi connectivity index (χ1n) is 8.50. The summed E-state index contributed by atoms with van der Waals surface area (Å²) in [4.78, 5) is 15.0. The van der Waals surface area contributed by atoms with Crippen LogP contribution in [0.1, 0.15) is 64.2 Å². The van der Waals surface area contributed by atoms with Crippen LogP contribution >= 0.6 is 0 Å². The first-order valence-corrected chi connectivity index (χ1v) is 8.50. The van der Waals surface area contributed by atoms with Crippen molar-refractivity contribution in [3.8, 4) is 0 Å². The average Bonchev–Trinajstić information content (AvgIpc) is 2.79. The Bertz CT molecular complexity index is 493. The molecule has 1 saturated heterocycles. The third kappa shape index (κ3) is 3.05. The number of benzene rings is 1. The van der Waals surface area contributed by atoms with E-state index in [-0.39, 0.29) is 23.8 Å². The van der Waals surface area contributed by atoms with Crippen molar-refractivity contribution < 1.29 is 9.53 Å². The van der Waals surface area contributed by atoms with Gasteiger partial charge in [0.1, 0.15) is 6.23 Å². The molecule has 1 aromatic carbocycles. The summed E-state index contributed by atoms with van der Waals surface area (Å²) in [6.45, 7) is 10.8. The second-order valence-electron chi connectivity index (χ2n) is 6.71. The number of carbonyl (C=O) groups excluding carboxylic acids is 1. The average molecular weight is 303 g/mol. The lowest BCUT2D eigenvalue weighted by atomic mass is 9.83. The number of amides is 1. The Morgan fingerprint density at radius 1 is 1.23 bits per heavy atom. The van der Waals surface area contributed by atoms with Crippen LogP contribution in [-0.4, -0.2) is 28.7 Å². The molecule has 0 spiro atoms. The summed E-state index contributed by atoms with van der Waals surface area (Å²) in [6, 6.07) is 9.69. The molecule has 3 heteroatoms. The van der Waals surface area contributed by atoms with Gasteiger partial charge in [0, 0.05) is 5.56 Å². The van der Waals surface area contributed by atoms with Crippen LogP contribution in [0.5, 0.6) is 0 Å². The Morgan fingerprint density at radius 3 is 2.32 bits per heavy atom. The fourth-order valence-corrected chi connectivity index (χ4v) is 3.68. The number of carbonyl (C=O) groups is 1. The smallest absolute Gasteiger partial charge is 0.256 e. The maximum absolute atomic E-state index is 13.0. The minimum atomic E-state index is -0.214. The van der Waals surface area contributed by atoms with Gasteiger partial charge in [-0.15, -0.1) is 0 Å². The molecular formula is C19H29NO2. The van der Waals surface area contributed by atoms with Crippen LogP contribution in [0.25, 0.3) is 0 Å². The quantitative estimate of drug-likeness (QED) is 0.802. The van der Waals surface area contributed by atoms with Gasteiger partial charge in [-0.2, -0.15) is 0 Å². The minimum Gasteiger partial charge on any atom is -0.350 e. The van der Waals surface area contributed by atoms with Crippen LogP contribution in [0.15, 0.2) is 30.3 Å². The van der Waals surface area contributed by atoms with Crippen LogP contribution in [0.4, 0.5) is 0 Å². The molecule has 22 heavy (non-hydrogen) atoms. The first-order chi connectivity index (χ1) is 10.4. The second kappa shape index (κ2) is 6.82. The molecule has 1 aliphatic rings. The maximum atomic E-state index is 13.0. The fourth-order valence-electron chi connectivity index (χ4n) is 3.68. The van der Waals surface area contributed by atoms with E-state index < -0.39 is 0 Å². The Balaban J connectivity index is 2.37. The molecule has 1 heterocycles. The van der Waals surface area contributed by atoms with E-state index in [1.807, 2.05) is 42.2 Å². The number of rotatable bonds is 5. The van der Waals surface area contributed by atoms with Gasteiger partial charge in [0.15, 0.2) is 0 Å². The lowest BCUT2D eigenvalue weighted by Gasteiger charge is -2.36. The highest BCUT2D eigenvalue weighted by Crippen LogP contribution is 2.41. The van der Waals surface area contributed by atoms with Gasteiger partial charge in [0.2, 0.25) is 0 Å². The molecule has 0 aromatic heterocycles. The van der Waals surface area contributed by atoms with Crippen molar-refractivity contribution in [2.75, 3.05) is 0 Å². The molecule has 1 aliphatic heterocycles. The molecule has 0 N–H and O–H groups in total. The topological polar surface area (TPSA) is 29.5 Å². The molecule has 122 valence electrons. The highest BCUT2D eigenvalue weighted by molar-refractivity contribution is 5.94. The van der Waals surface area contributed by atoms with E-state index in [1.165, 1.54) is 0 Å². The van der Waals surface area contributed by atoms with Crippen LogP contribution in [0, 0.1) is 5.92 Å². The Kier molecular flexibility index (Phi) is 5.28. The highest BCUT2D eigenvalue weighted by atomic mass is 16.5. The SMILES string of the molecule is CCC1(CC)O[C@@H](C)N(C(=O)c2ccccc2)[C@H]1CC(C)C. The van der Waals surface area contributed by atoms with E-state index >= 15 is 0 Å². The molecule has 3 nitrogen and oxygen atoms in total. The van der Waals surface area contributed by atoms with Crippen molar-refractivity contribution in [3.05, 3.63) is 35.9 Å². The molecule has 0 bridgehead atoms. The van der Waals surface area contributed by atoms with Gasteiger partial charge in [0.25, 0.3) is 5.91 Å². The van der Waals surface area contributed by atoms with Gasteiger partial charge in [-0.05, 0) is 44.2 Å². The third-order valence-corrected chi connectivity index (χ3v) is 4.89. The molecule has 1 aromatic rings. The van der Waals surface area contributed by atoms with Crippen LogP contribution in [0.3, 0.4) is 0 Å². The lowest BCUT2D eigenvalue weighted by molar-refractivity contribution is -0.0542. The summed E-state index contributed by atoms with van der Waals surface area (Å²) < 4.78 is 6.32. The zero-order valence-corrected chi connectivity index (χ0v) is 14.5. The maximum Gasteiger partial charge on any atom is 0.256 e. The number of hydrogen-bond acceptors (Lipinski definition) is 2. The van der Waals surface area contributed by atoms with E-state index in [9.17, 15) is 4.79 Å². The lowest BCUT2D eigenvalue weighted by Crippen LogP contribution is -2.48. The molecule has 1 fully saturated rings. The van der Waals surface area contributed by atoms with Crippen molar-refractivity contribution in [2.24, 2.45) is 5.92 Å². The zero-order valence-electron chi connectivity index (χ0n) is 14.5. The van der Waals surface area contributed by atoms with Crippen molar-refractivity contribution in [1.82, 2.24) is 4.90 Å². The van der Waals surface area contributed by atoms with Crippen molar-refractivity contribution in [3.63, 3.8) is 0 Å². The van der Waals surface area contributed by atoms with E-state index in [1.54, 1.807) is 0 Å². The second-order valence-corrected chi connectivity index (χ2v) is 6.71. The summed E-state index contributed by atoms with van der Waals surface area (Å²) in [6.07, 6.45) is 2.68. The molecule has 2 atom stereocenters. The molecular weight excluding hydrogens is 274 g/mol. The van der Waals surface area contributed by atoms with Crippen molar-refractivity contribution >= 4 is 5.91 Å². The van der Waals surface area contributed by atoms with E-state index in [0.717, 1.165) is 24.8 Å². The predicted molar refractivity (Wildman–Crippen MR) is 89.7 cm³/mol. The van der Waals surface area contributed by atoms with Gasteiger partial charge in [-0.3, -0.25) is 4.79 Å². The van der Waals surface area contributed by atoms with Gasteiger partial charge < -0.3 is 9.64 Å². The predicted octanol–water partition coefficient (Wildman–Crippen LogP) is 4.48. The summed E-state index contributed by atoms with van der Waals surface area (Å²) >= 11 is 0. The Morgan fingerprint density at radius 2 is 1.82 bits per heavy atom. The molecule has 0 radical (unpaired) electrons. The standard InChI is InChI=1S/C19H29NO2/c1-6-19(7-2)17(13-14(3)4)20(15(5)22-19)18(21)16-11-9-8-10-12-16/h8-12,14-15,17H,6-7,13H2,1-5H3/t15-,17-/m0/s1. The highest BCUT2D eigenvalue weighted by Gasteiger charge is 2.51. The van der Waals surface area contributed by atoms with E-state index in [4.69, 9.17) is 4.74 Å². The molecule has 0 unspecified atom stereocenters. The zero-order chi connectivity index (χ0) is 16.3. The molecule has 1 amide bonds. The van der Waals surface area contributed by atoms with Gasteiger partial charge >= 0.3 is 0 Å². The summed E-state index contributed by atoms with van der Waals surface area (Å²) in [5.74, 6) is 0.616. The number of nitrogens with zero attached hydrogens (tertiary/aromatic N) is 1. The van der Waals surface area contributed by atoms with E-state index in [2.05, 4.69) is 27.7 Å². The van der Waals surface area contributed by atoms with Crippen molar-refractivity contribution in [2.45, 2.75) is 71.8 Å². The summed E-state index contributed by atoms with van der Waals surface area (Å²) in [5, 5.41) is 0. The Labute approximate surface area is 134 Å². The molecule has 0 aliphatic carbocycles. The molecule has 0 saturated carbocycles. The minimum absolute atomic E-state index is 0.0857. The number of hydrogen-bond donors (Lipinski definition) is 0. The van der Waals surface area contributed by atoms with Crippen LogP contribution in [-0.2, 0) is 4.74 Å². The monoisotopic (exact) mass is 303 g/mol. The van der Waals surface area contributed by atoms with Gasteiger partial charge in [-0.25, -0.2) is 0 Å². The molecule has 2 rings (SSSR count).